The smallest absolute Gasteiger partial charge is 0.258 e. The summed E-state index contributed by atoms with van der Waals surface area (Å²) in [5.41, 5.74) is 3.78. The average Bonchev–Trinajstić information content (AvgIpc) is 3.56. The minimum atomic E-state index is -0.0491. The van der Waals surface area contributed by atoms with Crippen molar-refractivity contribution in [2.24, 2.45) is 4.99 Å². The zero-order chi connectivity index (χ0) is 21.3. The zero-order valence-electron chi connectivity index (χ0n) is 18.6. The first-order valence-electron chi connectivity index (χ1n) is 10.5. The average molecular weight is 536 g/mol. The predicted molar refractivity (Wildman–Crippen MR) is 136 cm³/mol. The van der Waals surface area contributed by atoms with Gasteiger partial charge in [-0.05, 0) is 55.0 Å². The minimum Gasteiger partial charge on any atom is -0.484 e. The number of aryl methyl sites for hydroxylation is 1. The number of rotatable bonds is 9. The summed E-state index contributed by atoms with van der Waals surface area (Å²) < 4.78 is 5.56. The Morgan fingerprint density at radius 1 is 1.16 bits per heavy atom. The lowest BCUT2D eigenvalue weighted by Gasteiger charge is -2.23. The lowest BCUT2D eigenvalue weighted by Crippen LogP contribution is -2.39. The monoisotopic (exact) mass is 536 g/mol. The largest absolute Gasteiger partial charge is 0.484 e. The van der Waals surface area contributed by atoms with Crippen molar-refractivity contribution in [1.82, 2.24) is 15.5 Å². The van der Waals surface area contributed by atoms with E-state index in [9.17, 15) is 4.79 Å². The molecule has 1 amide bonds. The van der Waals surface area contributed by atoms with E-state index in [-0.39, 0.29) is 36.5 Å². The van der Waals surface area contributed by atoms with E-state index in [0.29, 0.717) is 11.8 Å². The third kappa shape index (κ3) is 8.40. The molecule has 1 saturated carbocycles. The van der Waals surface area contributed by atoms with E-state index >= 15 is 0 Å². The van der Waals surface area contributed by atoms with Gasteiger partial charge in [0.2, 0.25) is 0 Å². The van der Waals surface area contributed by atoms with Gasteiger partial charge >= 0.3 is 0 Å². The van der Waals surface area contributed by atoms with Gasteiger partial charge in [-0.2, -0.15) is 0 Å². The minimum absolute atomic E-state index is 0. The summed E-state index contributed by atoms with van der Waals surface area (Å²) in [6.45, 7) is 3.80. The molecule has 2 aromatic rings. The molecule has 0 saturated heterocycles. The number of aliphatic imine (C=N–C) groups is 1. The van der Waals surface area contributed by atoms with Crippen LogP contribution in [-0.4, -0.2) is 50.1 Å². The normalized spacial score (nSPS) is 13.2. The van der Waals surface area contributed by atoms with Gasteiger partial charge in [0.25, 0.3) is 5.91 Å². The summed E-state index contributed by atoms with van der Waals surface area (Å²) in [5, 5.41) is 6.35. The first kappa shape index (κ1) is 25.0. The molecule has 0 bridgehead atoms. The summed E-state index contributed by atoms with van der Waals surface area (Å²) in [7, 11) is 3.86. The Labute approximate surface area is 202 Å². The van der Waals surface area contributed by atoms with Crippen molar-refractivity contribution in [2.75, 3.05) is 27.2 Å². The van der Waals surface area contributed by atoms with Crippen LogP contribution in [0.3, 0.4) is 0 Å². The lowest BCUT2D eigenvalue weighted by atomic mass is 10.1. The van der Waals surface area contributed by atoms with Gasteiger partial charge in [0, 0.05) is 33.2 Å². The molecule has 0 radical (unpaired) electrons. The van der Waals surface area contributed by atoms with Gasteiger partial charge in [-0.1, -0.05) is 36.4 Å². The van der Waals surface area contributed by atoms with Crippen molar-refractivity contribution in [2.45, 2.75) is 38.8 Å². The summed E-state index contributed by atoms with van der Waals surface area (Å²) in [4.78, 5) is 18.2. The summed E-state index contributed by atoms with van der Waals surface area (Å²) >= 11 is 0. The van der Waals surface area contributed by atoms with Gasteiger partial charge in [-0.3, -0.25) is 9.79 Å². The Morgan fingerprint density at radius 2 is 1.87 bits per heavy atom. The Morgan fingerprint density at radius 3 is 2.52 bits per heavy atom. The van der Waals surface area contributed by atoms with E-state index in [1.54, 1.807) is 0 Å². The van der Waals surface area contributed by atoms with Crippen LogP contribution in [0.4, 0.5) is 0 Å². The highest BCUT2D eigenvalue weighted by Crippen LogP contribution is 2.18. The van der Waals surface area contributed by atoms with Crippen molar-refractivity contribution in [3.8, 4) is 5.75 Å². The van der Waals surface area contributed by atoms with E-state index in [0.717, 1.165) is 38.3 Å². The number of guanidine groups is 1. The fourth-order valence-corrected chi connectivity index (χ4v) is 3.22. The first-order valence-corrected chi connectivity index (χ1v) is 10.5. The molecule has 6 nitrogen and oxygen atoms in total. The van der Waals surface area contributed by atoms with E-state index in [4.69, 9.17) is 4.74 Å². The third-order valence-electron chi connectivity index (χ3n) is 5.17. The first-order chi connectivity index (χ1) is 14.5. The van der Waals surface area contributed by atoms with Crippen LogP contribution in [0.1, 0.15) is 29.5 Å². The molecule has 2 aromatic carbocycles. The van der Waals surface area contributed by atoms with Crippen LogP contribution in [0.15, 0.2) is 53.5 Å². The van der Waals surface area contributed by atoms with Crippen molar-refractivity contribution in [3.05, 3.63) is 65.2 Å². The Hall–Kier alpha value is -2.29. The second-order valence-electron chi connectivity index (χ2n) is 7.78. The third-order valence-corrected chi connectivity index (χ3v) is 5.17. The van der Waals surface area contributed by atoms with Crippen LogP contribution in [-0.2, 0) is 17.8 Å². The fourth-order valence-electron chi connectivity index (χ4n) is 3.22. The fraction of sp³-hybridized carbons (Fsp3) is 0.417. The van der Waals surface area contributed by atoms with Crippen LogP contribution in [0.5, 0.6) is 5.75 Å². The molecule has 0 spiro atoms. The number of amides is 1. The number of hydrogen-bond donors (Lipinski definition) is 2. The van der Waals surface area contributed by atoms with E-state index in [1.807, 2.05) is 38.4 Å². The number of carbonyl (C=O) groups excluding carboxylic acids is 1. The Bertz CT molecular complexity index is 866. The molecule has 1 fully saturated rings. The van der Waals surface area contributed by atoms with E-state index in [1.165, 1.54) is 16.7 Å². The molecule has 3 rings (SSSR count). The Kier molecular flexibility index (Phi) is 10.1. The summed E-state index contributed by atoms with van der Waals surface area (Å²) in [6, 6.07) is 16.7. The number of ether oxygens (including phenoxy) is 1. The molecule has 0 unspecified atom stereocenters. The number of halogens is 1. The standard InChI is InChI=1S/C24H32N4O2.HI/c1-18-6-4-5-7-20(18)16-28(3)24(25-2)26-15-14-19-8-12-22(13-9-19)30-17-23(29)27-21-10-11-21;/h4-9,12-13,21H,10-11,14-17H2,1-3H3,(H,25,26)(H,27,29);1H. The molecule has 1 aliphatic carbocycles. The molecule has 0 atom stereocenters. The maximum absolute atomic E-state index is 11.7. The van der Waals surface area contributed by atoms with Crippen molar-refractivity contribution >= 4 is 35.8 Å². The molecule has 2 N–H and O–H groups in total. The molecule has 0 heterocycles. The topological polar surface area (TPSA) is 66.0 Å². The molecular formula is C24H33IN4O2. The van der Waals surface area contributed by atoms with Gasteiger partial charge in [0.1, 0.15) is 5.75 Å². The van der Waals surface area contributed by atoms with Crippen LogP contribution in [0.2, 0.25) is 0 Å². The number of hydrogen-bond acceptors (Lipinski definition) is 3. The highest BCUT2D eigenvalue weighted by Gasteiger charge is 2.23. The molecule has 168 valence electrons. The maximum atomic E-state index is 11.7. The lowest BCUT2D eigenvalue weighted by molar-refractivity contribution is -0.123. The van der Waals surface area contributed by atoms with E-state index < -0.39 is 0 Å². The van der Waals surface area contributed by atoms with Crippen molar-refractivity contribution in [3.63, 3.8) is 0 Å². The molecule has 0 aromatic heterocycles. The summed E-state index contributed by atoms with van der Waals surface area (Å²) in [6.07, 6.45) is 3.04. The molecule has 7 heteroatoms. The molecule has 31 heavy (non-hydrogen) atoms. The van der Waals surface area contributed by atoms with Gasteiger partial charge in [-0.15, -0.1) is 24.0 Å². The van der Waals surface area contributed by atoms with Gasteiger partial charge in [0.05, 0.1) is 0 Å². The van der Waals surface area contributed by atoms with Crippen LogP contribution < -0.4 is 15.4 Å². The van der Waals surface area contributed by atoms with Gasteiger partial charge < -0.3 is 20.3 Å². The van der Waals surface area contributed by atoms with E-state index in [2.05, 4.69) is 51.7 Å². The second-order valence-corrected chi connectivity index (χ2v) is 7.78. The Balaban J connectivity index is 0.00000341. The molecular weight excluding hydrogens is 503 g/mol. The predicted octanol–water partition coefficient (Wildman–Crippen LogP) is 3.52. The molecule has 0 aliphatic heterocycles. The number of nitrogens with zero attached hydrogens (tertiary/aromatic N) is 2. The second kappa shape index (κ2) is 12.5. The highest BCUT2D eigenvalue weighted by atomic mass is 127. The van der Waals surface area contributed by atoms with Gasteiger partial charge in [0.15, 0.2) is 12.6 Å². The zero-order valence-corrected chi connectivity index (χ0v) is 20.9. The SMILES string of the molecule is CN=C(NCCc1ccc(OCC(=O)NC2CC2)cc1)N(C)Cc1ccccc1C.I. The van der Waals surface area contributed by atoms with Crippen LogP contribution in [0.25, 0.3) is 0 Å². The van der Waals surface area contributed by atoms with Crippen LogP contribution >= 0.6 is 24.0 Å². The summed E-state index contributed by atoms with van der Waals surface area (Å²) in [5.74, 6) is 1.54. The number of nitrogens with one attached hydrogen (secondary N) is 2. The van der Waals surface area contributed by atoms with Crippen LogP contribution in [0, 0.1) is 6.92 Å². The number of carbonyl (C=O) groups is 1. The molecule has 1 aliphatic rings. The van der Waals surface area contributed by atoms with Crippen molar-refractivity contribution < 1.29 is 9.53 Å². The maximum Gasteiger partial charge on any atom is 0.258 e. The quantitative estimate of drug-likeness (QED) is 0.293. The van der Waals surface area contributed by atoms with Gasteiger partial charge in [-0.25, -0.2) is 0 Å². The highest BCUT2D eigenvalue weighted by molar-refractivity contribution is 14.0. The van der Waals surface area contributed by atoms with Crippen molar-refractivity contribution in [1.29, 1.82) is 0 Å². The number of benzene rings is 2.